The molecule has 2 aromatic heterocycles. The van der Waals surface area contributed by atoms with Crippen LogP contribution in [0.1, 0.15) is 30.7 Å². The lowest BCUT2D eigenvalue weighted by Crippen LogP contribution is -2.43. The van der Waals surface area contributed by atoms with E-state index in [1.54, 1.807) is 17.7 Å². The molecular formula is C17H27N9S. The zero-order valence-electron chi connectivity index (χ0n) is 15.3. The van der Waals surface area contributed by atoms with Crippen molar-refractivity contribution in [3.05, 3.63) is 29.3 Å². The highest BCUT2D eigenvalue weighted by Crippen LogP contribution is 2.19. The lowest BCUT2D eigenvalue weighted by Gasteiger charge is -2.16. The molecule has 3 heterocycles. The summed E-state index contributed by atoms with van der Waals surface area (Å²) in [6, 6.07) is 0. The molecule has 0 aromatic carbocycles. The van der Waals surface area contributed by atoms with Gasteiger partial charge in [0.1, 0.15) is 0 Å². The number of rotatable bonds is 9. The van der Waals surface area contributed by atoms with E-state index in [0.717, 1.165) is 80.8 Å². The number of hydrogen-bond acceptors (Lipinski definition) is 5. The van der Waals surface area contributed by atoms with Crippen molar-refractivity contribution in [3.63, 3.8) is 0 Å². The largest absolute Gasteiger partial charge is 0.357 e. The summed E-state index contributed by atoms with van der Waals surface area (Å²) in [6.07, 6.45) is 8.36. The molecule has 0 unspecified atom stereocenters. The van der Waals surface area contributed by atoms with Crippen molar-refractivity contribution >= 4 is 28.4 Å². The van der Waals surface area contributed by atoms with E-state index in [-0.39, 0.29) is 0 Å². The zero-order chi connectivity index (χ0) is 18.7. The minimum Gasteiger partial charge on any atom is -0.357 e. The van der Waals surface area contributed by atoms with Crippen molar-refractivity contribution in [2.45, 2.75) is 32.1 Å². The van der Waals surface area contributed by atoms with E-state index in [1.807, 2.05) is 6.20 Å². The molecule has 0 bridgehead atoms. The number of imidazole rings is 1. The van der Waals surface area contributed by atoms with Crippen LogP contribution in [0, 0.1) is 5.41 Å². The molecule has 1 fully saturated rings. The van der Waals surface area contributed by atoms with Crippen molar-refractivity contribution in [2.75, 3.05) is 26.2 Å². The van der Waals surface area contributed by atoms with Gasteiger partial charge in [-0.1, -0.05) is 0 Å². The Morgan fingerprint density at radius 1 is 1.15 bits per heavy atom. The van der Waals surface area contributed by atoms with Crippen LogP contribution in [0.5, 0.6) is 0 Å². The Kier molecular flexibility index (Phi) is 7.45. The quantitative estimate of drug-likeness (QED) is 0.217. The van der Waals surface area contributed by atoms with Gasteiger partial charge in [0.2, 0.25) is 5.13 Å². The third-order valence-electron chi connectivity index (χ3n) is 4.06. The molecule has 1 saturated heterocycles. The van der Waals surface area contributed by atoms with E-state index in [9.17, 15) is 0 Å². The Bertz CT molecular complexity index is 715. The molecule has 0 atom stereocenters. The molecule has 6 N–H and O–H groups in total. The van der Waals surface area contributed by atoms with E-state index in [0.29, 0.717) is 5.96 Å². The summed E-state index contributed by atoms with van der Waals surface area (Å²) in [5.41, 5.74) is 2.11. The Morgan fingerprint density at radius 3 is 2.59 bits per heavy atom. The van der Waals surface area contributed by atoms with Gasteiger partial charge in [-0.3, -0.25) is 5.41 Å². The first-order valence-electron chi connectivity index (χ1n) is 9.34. The summed E-state index contributed by atoms with van der Waals surface area (Å²) < 4.78 is 0. The summed E-state index contributed by atoms with van der Waals surface area (Å²) in [6.45, 7) is 3.42. The van der Waals surface area contributed by atoms with Gasteiger partial charge < -0.3 is 26.3 Å². The van der Waals surface area contributed by atoms with Gasteiger partial charge in [0.25, 0.3) is 0 Å². The number of aromatic nitrogens is 3. The fraction of sp³-hybridized carbons (Fsp3) is 0.529. The van der Waals surface area contributed by atoms with Crippen LogP contribution >= 0.6 is 11.3 Å². The second-order valence-electron chi connectivity index (χ2n) is 6.29. The molecule has 0 radical (unpaired) electrons. The number of thiazole rings is 1. The van der Waals surface area contributed by atoms with E-state index in [2.05, 4.69) is 46.6 Å². The Balaban J connectivity index is 1.26. The van der Waals surface area contributed by atoms with Gasteiger partial charge >= 0.3 is 0 Å². The number of guanidine groups is 2. The average Bonchev–Trinajstić information content (AvgIpc) is 3.35. The number of nitrogens with one attached hydrogen (secondary N) is 6. The van der Waals surface area contributed by atoms with Crippen LogP contribution in [-0.2, 0) is 12.8 Å². The molecule has 3 rings (SSSR count). The summed E-state index contributed by atoms with van der Waals surface area (Å²) in [5.74, 6) is 1.19. The molecule has 1 aliphatic rings. The first kappa shape index (κ1) is 19.2. The Labute approximate surface area is 163 Å². The van der Waals surface area contributed by atoms with E-state index in [1.165, 1.54) is 0 Å². The molecule has 0 saturated carbocycles. The second kappa shape index (κ2) is 10.5. The van der Waals surface area contributed by atoms with Crippen molar-refractivity contribution in [2.24, 2.45) is 4.99 Å². The normalized spacial score (nSPS) is 13.6. The first-order chi connectivity index (χ1) is 13.3. The highest BCUT2D eigenvalue weighted by Gasteiger charge is 2.06. The van der Waals surface area contributed by atoms with Crippen LogP contribution in [-0.4, -0.2) is 53.1 Å². The Hall–Kier alpha value is -2.62. The maximum absolute atomic E-state index is 7.88. The number of nitrogens with zero attached hydrogens (tertiary/aromatic N) is 3. The predicted octanol–water partition coefficient (Wildman–Crippen LogP) is 1.12. The minimum atomic E-state index is 0.372. The SMILES string of the molecule is N=C(NCCCc1c[nH]cn1)NCCCc1csc(N=C2NCCCN2)n1. The molecule has 9 nitrogen and oxygen atoms in total. The number of aliphatic imine (C=N–C) groups is 1. The van der Waals surface area contributed by atoms with Crippen LogP contribution < -0.4 is 21.3 Å². The van der Waals surface area contributed by atoms with Crippen molar-refractivity contribution in [1.82, 2.24) is 36.2 Å². The minimum absolute atomic E-state index is 0.372. The smallest absolute Gasteiger partial charge is 0.212 e. The van der Waals surface area contributed by atoms with Gasteiger partial charge in [0, 0.05) is 37.8 Å². The second-order valence-corrected chi connectivity index (χ2v) is 7.12. The number of aromatic amines is 1. The monoisotopic (exact) mass is 389 g/mol. The summed E-state index contributed by atoms with van der Waals surface area (Å²) >= 11 is 1.56. The molecule has 0 spiro atoms. The molecule has 1 aliphatic heterocycles. The van der Waals surface area contributed by atoms with Crippen molar-refractivity contribution < 1.29 is 0 Å². The van der Waals surface area contributed by atoms with Gasteiger partial charge in [-0.15, -0.1) is 11.3 Å². The third-order valence-corrected chi connectivity index (χ3v) is 4.85. The molecular weight excluding hydrogens is 362 g/mol. The molecule has 0 amide bonds. The number of aryl methyl sites for hydroxylation is 2. The van der Waals surface area contributed by atoms with Crippen molar-refractivity contribution in [1.29, 1.82) is 5.41 Å². The van der Waals surface area contributed by atoms with Gasteiger partial charge in [-0.05, 0) is 32.1 Å². The summed E-state index contributed by atoms with van der Waals surface area (Å²) in [5, 5.41) is 23.4. The Morgan fingerprint density at radius 2 is 1.89 bits per heavy atom. The van der Waals surface area contributed by atoms with E-state index < -0.39 is 0 Å². The maximum Gasteiger partial charge on any atom is 0.212 e. The average molecular weight is 390 g/mol. The van der Waals surface area contributed by atoms with Gasteiger partial charge in [-0.25, -0.2) is 9.97 Å². The van der Waals surface area contributed by atoms with E-state index >= 15 is 0 Å². The zero-order valence-corrected chi connectivity index (χ0v) is 16.2. The maximum atomic E-state index is 7.88. The molecule has 146 valence electrons. The highest BCUT2D eigenvalue weighted by molar-refractivity contribution is 7.13. The van der Waals surface area contributed by atoms with Crippen LogP contribution in [0.4, 0.5) is 5.13 Å². The highest BCUT2D eigenvalue weighted by atomic mass is 32.1. The summed E-state index contributed by atoms with van der Waals surface area (Å²) in [7, 11) is 0. The molecule has 27 heavy (non-hydrogen) atoms. The van der Waals surface area contributed by atoms with Crippen LogP contribution in [0.15, 0.2) is 22.9 Å². The molecule has 0 aliphatic carbocycles. The van der Waals surface area contributed by atoms with Gasteiger partial charge in [0.15, 0.2) is 11.9 Å². The predicted molar refractivity (Wildman–Crippen MR) is 109 cm³/mol. The standard InChI is InChI=1S/C17H27N9S/c18-15(20-6-1-4-13-10-19-12-24-13)21-7-2-5-14-11-27-17(25-14)26-16-22-8-3-9-23-16/h10-12H,1-9H2,(H,19,24)(H3,18,20,21)(H2,22,23,25,26). The van der Waals surface area contributed by atoms with Gasteiger partial charge in [-0.2, -0.15) is 4.99 Å². The lowest BCUT2D eigenvalue weighted by atomic mass is 10.2. The van der Waals surface area contributed by atoms with Crippen LogP contribution in [0.25, 0.3) is 0 Å². The van der Waals surface area contributed by atoms with Crippen LogP contribution in [0.2, 0.25) is 0 Å². The molecule has 10 heteroatoms. The van der Waals surface area contributed by atoms with E-state index in [4.69, 9.17) is 5.41 Å². The van der Waals surface area contributed by atoms with Gasteiger partial charge in [0.05, 0.1) is 17.7 Å². The topological polar surface area (TPSA) is 126 Å². The first-order valence-corrected chi connectivity index (χ1v) is 10.2. The third kappa shape index (κ3) is 6.89. The number of hydrogen-bond donors (Lipinski definition) is 6. The number of H-pyrrole nitrogens is 1. The fourth-order valence-electron chi connectivity index (χ4n) is 2.66. The lowest BCUT2D eigenvalue weighted by molar-refractivity contribution is 0.668. The molecule has 2 aromatic rings. The van der Waals surface area contributed by atoms with Crippen molar-refractivity contribution in [3.8, 4) is 0 Å². The summed E-state index contributed by atoms with van der Waals surface area (Å²) in [4.78, 5) is 16.2. The van der Waals surface area contributed by atoms with Crippen LogP contribution in [0.3, 0.4) is 0 Å². The fourth-order valence-corrected chi connectivity index (χ4v) is 3.38.